The van der Waals surface area contributed by atoms with Crippen molar-refractivity contribution in [1.82, 2.24) is 9.55 Å². The smallest absolute Gasteiger partial charge is 0.227 e. The molecule has 0 unspecified atom stereocenters. The van der Waals surface area contributed by atoms with Gasteiger partial charge in [0.2, 0.25) is 5.91 Å². The van der Waals surface area contributed by atoms with Crippen molar-refractivity contribution < 1.29 is 4.79 Å². The van der Waals surface area contributed by atoms with Crippen molar-refractivity contribution in [3.63, 3.8) is 0 Å². The number of hydrogen-bond donors (Lipinski definition) is 2. The molecule has 1 amide bonds. The molecule has 0 atom stereocenters. The number of hydrogen-bond acceptors (Lipinski definition) is 4. The van der Waals surface area contributed by atoms with E-state index in [-0.39, 0.29) is 11.7 Å². The largest absolute Gasteiger partial charge is 0.379 e. The van der Waals surface area contributed by atoms with Crippen LogP contribution in [0.5, 0.6) is 0 Å². The Balaban J connectivity index is 2.03. The van der Waals surface area contributed by atoms with Crippen LogP contribution in [0, 0.1) is 0 Å². The lowest BCUT2D eigenvalue weighted by Gasteiger charge is -2.11. The molecule has 0 saturated carbocycles. The zero-order chi connectivity index (χ0) is 13.7. The molecule has 5 nitrogen and oxygen atoms in total. The number of benzene rings is 1. The molecule has 1 aromatic heterocycles. The molecule has 19 heavy (non-hydrogen) atoms. The Kier molecular flexibility index (Phi) is 4.46. The molecule has 0 aliphatic heterocycles. The Morgan fingerprint density at radius 3 is 2.95 bits per heavy atom. The first kappa shape index (κ1) is 13.5. The van der Waals surface area contributed by atoms with Gasteiger partial charge in [0, 0.05) is 23.8 Å². The molecule has 3 N–H and O–H groups in total. The van der Waals surface area contributed by atoms with Gasteiger partial charge >= 0.3 is 0 Å². The van der Waals surface area contributed by atoms with Crippen molar-refractivity contribution in [2.45, 2.75) is 11.4 Å². The molecular weight excluding hydrogens is 260 g/mol. The Labute approximate surface area is 116 Å². The van der Waals surface area contributed by atoms with Gasteiger partial charge in [0.25, 0.3) is 0 Å². The second-order valence-corrected chi connectivity index (χ2v) is 5.12. The summed E-state index contributed by atoms with van der Waals surface area (Å²) in [6.45, 7) is 0.685. The van der Waals surface area contributed by atoms with Gasteiger partial charge in [-0.1, -0.05) is 12.1 Å². The summed E-state index contributed by atoms with van der Waals surface area (Å²) in [5, 5.41) is 3.35. The summed E-state index contributed by atoms with van der Waals surface area (Å²) >= 11 is 1.44. The quantitative estimate of drug-likeness (QED) is 0.786. The fourth-order valence-electron chi connectivity index (χ4n) is 1.63. The van der Waals surface area contributed by atoms with Gasteiger partial charge in [-0.25, -0.2) is 4.98 Å². The van der Waals surface area contributed by atoms with Crippen LogP contribution in [0.3, 0.4) is 0 Å². The minimum atomic E-state index is -0.313. The lowest BCUT2D eigenvalue weighted by molar-refractivity contribution is -0.115. The molecule has 2 rings (SSSR count). The first-order valence-electron chi connectivity index (χ1n) is 5.86. The maximum absolute atomic E-state index is 10.8. The first-order valence-corrected chi connectivity index (χ1v) is 6.84. The number of anilines is 1. The van der Waals surface area contributed by atoms with Crippen molar-refractivity contribution in [3.05, 3.63) is 42.5 Å². The molecule has 0 aliphatic carbocycles. The van der Waals surface area contributed by atoms with Crippen molar-refractivity contribution in [1.29, 1.82) is 0 Å². The molecule has 0 saturated heterocycles. The number of rotatable bonds is 6. The minimum Gasteiger partial charge on any atom is -0.379 e. The average molecular weight is 276 g/mol. The second kappa shape index (κ2) is 6.29. The molecule has 2 aromatic rings. The molecule has 1 heterocycles. The number of nitrogens with two attached hydrogens (primary N) is 1. The van der Waals surface area contributed by atoms with Crippen LogP contribution in [0.1, 0.15) is 5.69 Å². The normalized spacial score (nSPS) is 10.4. The summed E-state index contributed by atoms with van der Waals surface area (Å²) in [6.07, 6.45) is 3.59. The lowest BCUT2D eigenvalue weighted by Crippen LogP contribution is -2.13. The molecule has 1 aromatic carbocycles. The van der Waals surface area contributed by atoms with Gasteiger partial charge in [-0.3, -0.25) is 4.79 Å². The third-order valence-electron chi connectivity index (χ3n) is 2.63. The highest BCUT2D eigenvalue weighted by atomic mass is 32.2. The number of nitrogens with one attached hydrogen (secondary N) is 1. The number of nitrogens with zero attached hydrogens (tertiary/aromatic N) is 2. The fraction of sp³-hybridized carbons (Fsp3) is 0.231. The van der Waals surface area contributed by atoms with Crippen molar-refractivity contribution in [2.75, 3.05) is 11.1 Å². The van der Waals surface area contributed by atoms with E-state index in [1.165, 1.54) is 11.8 Å². The SMILES string of the molecule is Cn1cncc1CNc1ccccc1SCC(N)=O. The summed E-state index contributed by atoms with van der Waals surface area (Å²) in [6, 6.07) is 7.86. The number of imidazole rings is 1. The summed E-state index contributed by atoms with van der Waals surface area (Å²) < 4.78 is 1.96. The predicted octanol–water partition coefficient (Wildman–Crippen LogP) is 1.61. The van der Waals surface area contributed by atoms with Gasteiger partial charge in [0.1, 0.15) is 0 Å². The van der Waals surface area contributed by atoms with Gasteiger partial charge < -0.3 is 15.6 Å². The van der Waals surface area contributed by atoms with Crippen molar-refractivity contribution in [2.24, 2.45) is 12.8 Å². The number of aryl methyl sites for hydroxylation is 1. The highest BCUT2D eigenvalue weighted by Crippen LogP contribution is 2.26. The first-order chi connectivity index (χ1) is 9.16. The third kappa shape index (κ3) is 3.75. The number of para-hydroxylation sites is 1. The lowest BCUT2D eigenvalue weighted by atomic mass is 10.3. The molecule has 0 bridgehead atoms. The molecule has 0 fully saturated rings. The summed E-state index contributed by atoms with van der Waals surface area (Å²) in [5.74, 6) is -0.0313. The van der Waals surface area contributed by atoms with Crippen molar-refractivity contribution in [3.8, 4) is 0 Å². The van der Waals surface area contributed by atoms with E-state index in [4.69, 9.17) is 5.73 Å². The number of carbonyl (C=O) groups is 1. The standard InChI is InChI=1S/C13H16N4OS/c1-17-9-15-6-10(17)7-16-11-4-2-3-5-12(11)19-8-13(14)18/h2-6,9,16H,7-8H2,1H3,(H2,14,18). The number of amides is 1. The van der Waals surface area contributed by atoms with E-state index < -0.39 is 0 Å². The zero-order valence-electron chi connectivity index (χ0n) is 10.7. The van der Waals surface area contributed by atoms with E-state index in [1.807, 2.05) is 42.1 Å². The van der Waals surface area contributed by atoms with Crippen LogP contribution in [0.25, 0.3) is 0 Å². The highest BCUT2D eigenvalue weighted by molar-refractivity contribution is 8.00. The van der Waals surface area contributed by atoms with Gasteiger partial charge in [-0.15, -0.1) is 11.8 Å². The van der Waals surface area contributed by atoms with E-state index in [1.54, 1.807) is 6.33 Å². The molecule has 100 valence electrons. The van der Waals surface area contributed by atoms with Crippen LogP contribution in [0.15, 0.2) is 41.7 Å². The molecule has 0 aliphatic rings. The summed E-state index contributed by atoms with van der Waals surface area (Å²) in [4.78, 5) is 15.9. The van der Waals surface area contributed by atoms with Gasteiger partial charge in [0.05, 0.1) is 24.3 Å². The Morgan fingerprint density at radius 2 is 2.26 bits per heavy atom. The maximum atomic E-state index is 10.8. The van der Waals surface area contributed by atoms with E-state index in [2.05, 4.69) is 10.3 Å². The Morgan fingerprint density at radius 1 is 1.47 bits per heavy atom. The molecule has 0 radical (unpaired) electrons. The summed E-state index contributed by atoms with van der Waals surface area (Å²) in [7, 11) is 1.96. The Bertz CT molecular complexity index is 567. The number of thioether (sulfide) groups is 1. The minimum absolute atomic E-state index is 0.282. The molecule has 0 spiro atoms. The Hall–Kier alpha value is -1.95. The van der Waals surface area contributed by atoms with E-state index in [0.29, 0.717) is 6.54 Å². The average Bonchev–Trinajstić information content (AvgIpc) is 2.80. The third-order valence-corrected chi connectivity index (χ3v) is 3.73. The van der Waals surface area contributed by atoms with E-state index in [0.717, 1.165) is 16.3 Å². The highest BCUT2D eigenvalue weighted by Gasteiger charge is 2.05. The van der Waals surface area contributed by atoms with E-state index >= 15 is 0 Å². The van der Waals surface area contributed by atoms with Crippen LogP contribution < -0.4 is 11.1 Å². The van der Waals surface area contributed by atoms with Crippen LogP contribution in [-0.4, -0.2) is 21.2 Å². The van der Waals surface area contributed by atoms with Gasteiger partial charge in [-0.05, 0) is 12.1 Å². The molecular formula is C13H16N4OS. The van der Waals surface area contributed by atoms with Crippen molar-refractivity contribution >= 4 is 23.4 Å². The second-order valence-electron chi connectivity index (χ2n) is 4.10. The van der Waals surface area contributed by atoms with Gasteiger partial charge in [0.15, 0.2) is 0 Å². The van der Waals surface area contributed by atoms with Crippen LogP contribution in [0.2, 0.25) is 0 Å². The zero-order valence-corrected chi connectivity index (χ0v) is 11.5. The topological polar surface area (TPSA) is 72.9 Å². The number of aromatic nitrogens is 2. The number of carbonyl (C=O) groups excluding carboxylic acids is 1. The predicted molar refractivity (Wildman–Crippen MR) is 76.9 cm³/mol. The van der Waals surface area contributed by atoms with E-state index in [9.17, 15) is 4.79 Å². The van der Waals surface area contributed by atoms with Crippen LogP contribution >= 0.6 is 11.8 Å². The number of primary amides is 1. The molecule has 6 heteroatoms. The van der Waals surface area contributed by atoms with Crippen LogP contribution in [-0.2, 0) is 18.4 Å². The van der Waals surface area contributed by atoms with Crippen LogP contribution in [0.4, 0.5) is 5.69 Å². The summed E-state index contributed by atoms with van der Waals surface area (Å²) in [5.41, 5.74) is 7.26. The van der Waals surface area contributed by atoms with Gasteiger partial charge in [-0.2, -0.15) is 0 Å². The maximum Gasteiger partial charge on any atom is 0.227 e. The fourth-order valence-corrected chi connectivity index (χ4v) is 2.40. The monoisotopic (exact) mass is 276 g/mol.